The lowest BCUT2D eigenvalue weighted by molar-refractivity contribution is -0.492. The number of Topliss-reactive ketones (excluding diaryl/α,β-unsaturated/α-hetero) is 1. The fraction of sp³-hybridized carbons (Fsp3) is 0.605. The minimum atomic E-state index is -2.29. The number of esters is 2. The number of allylic oxidation sites excluding steroid dienone is 4. The summed E-state index contributed by atoms with van der Waals surface area (Å²) in [7, 11) is 0. The zero-order valence-corrected chi connectivity index (χ0v) is 32.6. The summed E-state index contributed by atoms with van der Waals surface area (Å²) in [5.41, 5.74) is -7.04. The van der Waals surface area contributed by atoms with Crippen LogP contribution in [-0.4, -0.2) is 120 Å². The number of ketones is 2. The zero-order valence-electron chi connectivity index (χ0n) is 32.6. The molecule has 21 heteroatoms. The Labute approximate surface area is 336 Å². The topological polar surface area (TPSA) is 289 Å². The van der Waals surface area contributed by atoms with Crippen LogP contribution in [0.15, 0.2) is 35.9 Å². The smallest absolute Gasteiger partial charge is 0.504 e. The number of aliphatic hydroxyl groups is 1. The number of benzene rings is 1. The third kappa shape index (κ3) is 8.70. The van der Waals surface area contributed by atoms with Crippen molar-refractivity contribution in [3.05, 3.63) is 41.5 Å². The van der Waals surface area contributed by atoms with Gasteiger partial charge in [-0.25, -0.2) is 14.0 Å². The predicted molar refractivity (Wildman–Crippen MR) is 190 cm³/mol. The van der Waals surface area contributed by atoms with E-state index in [0.29, 0.717) is 12.0 Å². The van der Waals surface area contributed by atoms with Crippen molar-refractivity contribution in [2.45, 2.75) is 89.5 Å². The molecule has 7 N–H and O–H groups in total. The predicted octanol–water partition coefficient (Wildman–Crippen LogP) is 3.82. The number of halogens is 1. The van der Waals surface area contributed by atoms with E-state index in [1.165, 1.54) is 18.2 Å². The highest BCUT2D eigenvalue weighted by atomic mass is 19.1. The Morgan fingerprint density at radius 3 is 2.27 bits per heavy atom. The van der Waals surface area contributed by atoms with Crippen LogP contribution in [0.5, 0.6) is 17.2 Å². The van der Waals surface area contributed by atoms with Gasteiger partial charge in [0, 0.05) is 29.1 Å². The lowest BCUT2D eigenvalue weighted by Gasteiger charge is -2.62. The van der Waals surface area contributed by atoms with E-state index >= 15 is 4.39 Å². The highest BCUT2D eigenvalue weighted by Crippen LogP contribution is 2.71. The number of carbonyl (C=O) groups excluding carboxylic acids is 5. The molecular weight excluding hydrogens is 791 g/mol. The quantitative estimate of drug-likeness (QED) is 0.0293. The molecule has 0 saturated heterocycles. The van der Waals surface area contributed by atoms with E-state index < -0.39 is 104 Å². The Morgan fingerprint density at radius 2 is 1.59 bits per heavy atom. The summed E-state index contributed by atoms with van der Waals surface area (Å²) < 4.78 is 39.2. The fourth-order valence-electron chi connectivity index (χ4n) is 9.73. The molecule has 0 amide bonds. The maximum atomic E-state index is 17.8. The molecule has 20 nitrogen and oxygen atoms in total. The first-order chi connectivity index (χ1) is 27.7. The number of ether oxygens (including phenoxy) is 4. The summed E-state index contributed by atoms with van der Waals surface area (Å²) in [5.74, 6) is -8.18. The van der Waals surface area contributed by atoms with Crippen LogP contribution in [0.3, 0.4) is 0 Å². The molecule has 0 heterocycles. The SMILES string of the molecule is C[C@@H]1CC2C3CCC4=CC(=O)C=C[C@]4(C)[C@@]3(F)[C@@H](O)C[C@]2(C)[C@@]1(OC(=O)CCCON(O)O)C(=O)COC(=O)Oc1cc(C(=O)OCCCCON(O)O)cc(O)c1O. The number of fused-ring (bicyclic) bond motifs is 5. The van der Waals surface area contributed by atoms with Gasteiger partial charge < -0.3 is 34.3 Å². The minimum absolute atomic E-state index is 0.0958. The van der Waals surface area contributed by atoms with Crippen molar-refractivity contribution in [3.8, 4) is 17.2 Å². The molecule has 326 valence electrons. The Hall–Kier alpha value is -4.58. The number of aromatic hydroxyl groups is 2. The summed E-state index contributed by atoms with van der Waals surface area (Å²) in [5, 5.41) is 66.3. The number of carbonyl (C=O) groups is 5. The van der Waals surface area contributed by atoms with Gasteiger partial charge in [0.05, 0.1) is 42.3 Å². The number of phenolic OH excluding ortho intramolecular Hbond substituents is 2. The van der Waals surface area contributed by atoms with Gasteiger partial charge in [-0.2, -0.15) is 0 Å². The number of nitrogens with zero attached hydrogens (tertiary/aromatic N) is 2. The van der Waals surface area contributed by atoms with Crippen molar-refractivity contribution in [2.24, 2.45) is 28.6 Å². The van der Waals surface area contributed by atoms with Crippen molar-refractivity contribution in [1.82, 2.24) is 10.8 Å². The molecule has 1 aromatic rings. The van der Waals surface area contributed by atoms with E-state index in [-0.39, 0.29) is 76.1 Å². The van der Waals surface area contributed by atoms with Crippen molar-refractivity contribution < 1.29 is 93.1 Å². The van der Waals surface area contributed by atoms with Crippen LogP contribution in [0.2, 0.25) is 0 Å². The summed E-state index contributed by atoms with van der Waals surface area (Å²) in [4.78, 5) is 74.8. The second-order valence-corrected chi connectivity index (χ2v) is 15.6. The van der Waals surface area contributed by atoms with E-state index in [1.54, 1.807) is 20.8 Å². The molecule has 59 heavy (non-hydrogen) atoms. The fourth-order valence-corrected chi connectivity index (χ4v) is 9.73. The monoisotopic (exact) mass is 840 g/mol. The lowest BCUT2D eigenvalue weighted by atomic mass is 9.44. The highest BCUT2D eigenvalue weighted by molar-refractivity contribution is 6.01. The first-order valence-electron chi connectivity index (χ1n) is 19.0. The van der Waals surface area contributed by atoms with Gasteiger partial charge in [0.25, 0.3) is 0 Å². The number of alkyl halides is 1. The van der Waals surface area contributed by atoms with Crippen LogP contribution in [0, 0.1) is 28.6 Å². The molecule has 0 spiro atoms. The average molecular weight is 841 g/mol. The number of rotatable bonds is 17. The molecule has 8 atom stereocenters. The van der Waals surface area contributed by atoms with E-state index in [9.17, 15) is 39.3 Å². The highest BCUT2D eigenvalue weighted by Gasteiger charge is 2.77. The van der Waals surface area contributed by atoms with Gasteiger partial charge in [0.2, 0.25) is 11.5 Å². The Kier molecular flexibility index (Phi) is 13.8. The van der Waals surface area contributed by atoms with Crippen molar-refractivity contribution in [3.63, 3.8) is 0 Å². The van der Waals surface area contributed by atoms with Crippen LogP contribution in [0.25, 0.3) is 0 Å². The average Bonchev–Trinajstić information content (AvgIpc) is 3.38. The molecule has 0 aliphatic heterocycles. The van der Waals surface area contributed by atoms with E-state index in [0.717, 1.165) is 12.1 Å². The Balaban J connectivity index is 1.36. The maximum Gasteiger partial charge on any atom is 0.514 e. The molecule has 2 unspecified atom stereocenters. The number of aliphatic hydroxyl groups excluding tert-OH is 1. The summed E-state index contributed by atoms with van der Waals surface area (Å²) in [6, 6.07) is 1.70. The van der Waals surface area contributed by atoms with Gasteiger partial charge in [-0.3, -0.25) is 44.9 Å². The Bertz CT molecular complexity index is 1860. The number of unbranched alkanes of at least 4 members (excludes halogenated alkanes) is 1. The van der Waals surface area contributed by atoms with Crippen molar-refractivity contribution in [2.75, 3.05) is 26.4 Å². The molecule has 4 aliphatic carbocycles. The van der Waals surface area contributed by atoms with Gasteiger partial charge in [0.15, 0.2) is 35.2 Å². The first-order valence-corrected chi connectivity index (χ1v) is 19.0. The first kappa shape index (κ1) is 45.5. The van der Waals surface area contributed by atoms with Crippen molar-refractivity contribution in [1.29, 1.82) is 0 Å². The number of hydrogen-bond donors (Lipinski definition) is 7. The van der Waals surface area contributed by atoms with Gasteiger partial charge in [-0.15, -0.1) is 0 Å². The van der Waals surface area contributed by atoms with Gasteiger partial charge in [-0.1, -0.05) is 25.5 Å². The molecule has 1 aromatic carbocycles. The third-order valence-electron chi connectivity index (χ3n) is 12.4. The van der Waals surface area contributed by atoms with Crippen LogP contribution in [0.1, 0.15) is 82.5 Å². The van der Waals surface area contributed by atoms with Gasteiger partial charge >= 0.3 is 18.1 Å². The molecule has 0 bridgehead atoms. The molecule has 0 radical (unpaired) electrons. The van der Waals surface area contributed by atoms with E-state index in [1.807, 2.05) is 0 Å². The third-order valence-corrected chi connectivity index (χ3v) is 12.4. The van der Waals surface area contributed by atoms with Crippen LogP contribution < -0.4 is 4.74 Å². The molecule has 3 saturated carbocycles. The number of hydrogen-bond acceptors (Lipinski definition) is 20. The van der Waals surface area contributed by atoms with Gasteiger partial charge in [0.1, 0.15) is 0 Å². The number of phenols is 2. The molecule has 3 fully saturated rings. The molecular formula is C38H49FN2O18. The standard InChI is InChI=1S/C38H49FN2O18/c1-21-15-26-25-9-8-23-18-24(42)10-11-35(23,2)37(25,39)29(44)19-36(26,3)38(21,59-31(46)7-6-14-57-41(52)53)30(45)20-55-34(49)58-28-17-22(16-27(43)32(28)47)33(48)54-12-4-5-13-56-40(50)51/h10-11,16-18,21,25-26,29,43-44,47,50-53H,4-9,12-15,19-20H2,1-3H3/t21-,25?,26?,29+,35+,36+,37+,38+/m1/s1. The van der Waals surface area contributed by atoms with Crippen LogP contribution >= 0.6 is 0 Å². The van der Waals surface area contributed by atoms with Crippen molar-refractivity contribution >= 4 is 29.7 Å². The Morgan fingerprint density at radius 1 is 0.932 bits per heavy atom. The normalized spacial score (nSPS) is 30.9. The van der Waals surface area contributed by atoms with Crippen LogP contribution in [-0.2, 0) is 38.3 Å². The second kappa shape index (κ2) is 18.0. The van der Waals surface area contributed by atoms with E-state index in [4.69, 9.17) is 39.8 Å². The largest absolute Gasteiger partial charge is 0.514 e. The molecule has 0 aromatic heterocycles. The summed E-state index contributed by atoms with van der Waals surface area (Å²) >= 11 is 0. The molecule has 5 rings (SSSR count). The summed E-state index contributed by atoms with van der Waals surface area (Å²) in [6.07, 6.45) is 1.10. The lowest BCUT2D eigenvalue weighted by Crippen LogP contribution is -2.70. The van der Waals surface area contributed by atoms with Crippen LogP contribution in [0.4, 0.5) is 9.18 Å². The minimum Gasteiger partial charge on any atom is -0.504 e. The molecule has 4 aliphatic rings. The van der Waals surface area contributed by atoms with Gasteiger partial charge in [-0.05, 0) is 82.1 Å². The zero-order chi connectivity index (χ0) is 43.5. The summed E-state index contributed by atoms with van der Waals surface area (Å²) in [6.45, 7) is 3.14. The van der Waals surface area contributed by atoms with E-state index in [2.05, 4.69) is 9.68 Å². The second-order valence-electron chi connectivity index (χ2n) is 15.6. The maximum absolute atomic E-state index is 17.8.